The fraction of sp³-hybridized carbons (Fsp3) is 0.429. The van der Waals surface area contributed by atoms with Crippen LogP contribution in [0, 0.1) is 6.92 Å². The van der Waals surface area contributed by atoms with E-state index >= 15 is 0 Å². The summed E-state index contributed by atoms with van der Waals surface area (Å²) in [6.45, 7) is 3.84. The molecule has 0 saturated carbocycles. The summed E-state index contributed by atoms with van der Waals surface area (Å²) in [5, 5.41) is 9.57. The maximum absolute atomic E-state index is 12.5. The lowest BCUT2D eigenvalue weighted by Gasteiger charge is -2.26. The summed E-state index contributed by atoms with van der Waals surface area (Å²) in [6.07, 6.45) is 0. The van der Waals surface area contributed by atoms with Crippen molar-refractivity contribution in [2.75, 3.05) is 26.3 Å². The zero-order chi connectivity index (χ0) is 16.3. The van der Waals surface area contributed by atoms with Gasteiger partial charge >= 0.3 is 0 Å². The Morgan fingerprint density at radius 3 is 2.52 bits per heavy atom. The highest BCUT2D eigenvalue weighted by atomic mass is 32.2. The van der Waals surface area contributed by atoms with E-state index in [4.69, 9.17) is 9.47 Å². The van der Waals surface area contributed by atoms with E-state index < -0.39 is 10.0 Å². The van der Waals surface area contributed by atoms with E-state index in [0.29, 0.717) is 38.7 Å². The topological polar surface area (TPSA) is 81.6 Å². The van der Waals surface area contributed by atoms with Gasteiger partial charge in [-0.05, 0) is 31.2 Å². The molecule has 1 aliphatic rings. The normalized spacial score (nSPS) is 16.4. The molecule has 1 saturated heterocycles. The van der Waals surface area contributed by atoms with Crippen molar-refractivity contribution in [1.82, 2.24) is 14.5 Å². The average molecular weight is 355 g/mol. The minimum absolute atomic E-state index is 0.263. The van der Waals surface area contributed by atoms with Crippen molar-refractivity contribution >= 4 is 21.4 Å². The van der Waals surface area contributed by atoms with Crippen molar-refractivity contribution in [1.29, 1.82) is 0 Å². The lowest BCUT2D eigenvalue weighted by Crippen LogP contribution is -2.40. The molecule has 1 aromatic carbocycles. The van der Waals surface area contributed by atoms with Crippen LogP contribution < -0.4 is 4.74 Å². The standard InChI is InChI=1S/C14H17N3O4S2/c1-11-15-16-14(22-11)10-21-12-2-4-13(5-3-12)23(18,19)17-6-8-20-9-7-17/h2-5H,6-10H2,1H3. The van der Waals surface area contributed by atoms with Crippen LogP contribution >= 0.6 is 11.3 Å². The molecule has 9 heteroatoms. The van der Waals surface area contributed by atoms with Crippen LogP contribution in [0.4, 0.5) is 0 Å². The zero-order valence-corrected chi connectivity index (χ0v) is 14.3. The predicted octanol–water partition coefficient (Wildman–Crippen LogP) is 1.45. The van der Waals surface area contributed by atoms with Crippen molar-refractivity contribution in [3.63, 3.8) is 0 Å². The van der Waals surface area contributed by atoms with Gasteiger partial charge in [-0.2, -0.15) is 4.31 Å². The number of hydrogen-bond acceptors (Lipinski definition) is 7. The number of hydrogen-bond donors (Lipinski definition) is 0. The summed E-state index contributed by atoms with van der Waals surface area (Å²) in [5.74, 6) is 0.596. The minimum atomic E-state index is -3.47. The number of rotatable bonds is 5. The Balaban J connectivity index is 1.66. The second-order valence-corrected chi connectivity index (χ2v) is 8.20. The third-order valence-electron chi connectivity index (χ3n) is 3.36. The number of aryl methyl sites for hydroxylation is 1. The lowest BCUT2D eigenvalue weighted by atomic mass is 10.3. The molecule has 0 aliphatic carbocycles. The van der Waals surface area contributed by atoms with E-state index in [-0.39, 0.29) is 4.90 Å². The second-order valence-electron chi connectivity index (χ2n) is 4.99. The first-order valence-electron chi connectivity index (χ1n) is 7.15. The molecule has 0 amide bonds. The van der Waals surface area contributed by atoms with E-state index in [0.717, 1.165) is 10.0 Å². The first kappa shape index (κ1) is 16.3. The van der Waals surface area contributed by atoms with Crippen LogP contribution in [0.5, 0.6) is 5.75 Å². The lowest BCUT2D eigenvalue weighted by molar-refractivity contribution is 0.0730. The second kappa shape index (κ2) is 6.91. The molecule has 1 aliphatic heterocycles. The number of nitrogens with zero attached hydrogens (tertiary/aromatic N) is 3. The molecule has 0 spiro atoms. The van der Waals surface area contributed by atoms with Crippen molar-refractivity contribution in [2.24, 2.45) is 0 Å². The molecule has 2 heterocycles. The highest BCUT2D eigenvalue weighted by Crippen LogP contribution is 2.21. The van der Waals surface area contributed by atoms with Crippen LogP contribution in [0.1, 0.15) is 10.0 Å². The Labute approximate surface area is 138 Å². The van der Waals surface area contributed by atoms with Crippen LogP contribution in [0.15, 0.2) is 29.2 Å². The quantitative estimate of drug-likeness (QED) is 0.807. The van der Waals surface area contributed by atoms with Gasteiger partial charge in [0.15, 0.2) is 5.01 Å². The van der Waals surface area contributed by atoms with Crippen molar-refractivity contribution in [2.45, 2.75) is 18.4 Å². The largest absolute Gasteiger partial charge is 0.486 e. The molecule has 3 rings (SSSR count). The molecule has 7 nitrogen and oxygen atoms in total. The number of benzene rings is 1. The summed E-state index contributed by atoms with van der Waals surface area (Å²) < 4.78 is 37.2. The Hall–Kier alpha value is -1.55. The van der Waals surface area contributed by atoms with E-state index in [2.05, 4.69) is 10.2 Å². The molecule has 23 heavy (non-hydrogen) atoms. The summed E-state index contributed by atoms with van der Waals surface area (Å²) in [6, 6.07) is 6.43. The Morgan fingerprint density at radius 2 is 1.91 bits per heavy atom. The predicted molar refractivity (Wildman–Crippen MR) is 85.0 cm³/mol. The van der Waals surface area contributed by atoms with Crippen LogP contribution in [0.25, 0.3) is 0 Å². The molecule has 0 bridgehead atoms. The van der Waals surface area contributed by atoms with E-state index in [1.165, 1.54) is 15.6 Å². The number of ether oxygens (including phenoxy) is 2. The summed E-state index contributed by atoms with van der Waals surface area (Å²) in [7, 11) is -3.47. The third-order valence-corrected chi connectivity index (χ3v) is 6.09. The summed E-state index contributed by atoms with van der Waals surface area (Å²) >= 11 is 1.47. The van der Waals surface area contributed by atoms with Crippen LogP contribution in [-0.4, -0.2) is 49.2 Å². The summed E-state index contributed by atoms with van der Waals surface area (Å²) in [4.78, 5) is 0.263. The number of aromatic nitrogens is 2. The molecule has 0 N–H and O–H groups in total. The maximum Gasteiger partial charge on any atom is 0.243 e. The van der Waals surface area contributed by atoms with Gasteiger partial charge in [-0.15, -0.1) is 10.2 Å². The fourth-order valence-electron chi connectivity index (χ4n) is 2.18. The molecule has 124 valence electrons. The Morgan fingerprint density at radius 1 is 1.22 bits per heavy atom. The molecular formula is C14H17N3O4S2. The number of morpholine rings is 1. The molecule has 0 radical (unpaired) electrons. The van der Waals surface area contributed by atoms with Crippen molar-refractivity contribution < 1.29 is 17.9 Å². The van der Waals surface area contributed by atoms with Gasteiger partial charge in [0.05, 0.1) is 18.1 Å². The van der Waals surface area contributed by atoms with E-state index in [9.17, 15) is 8.42 Å². The van der Waals surface area contributed by atoms with Gasteiger partial charge in [0.25, 0.3) is 0 Å². The van der Waals surface area contributed by atoms with Crippen LogP contribution in [0.3, 0.4) is 0 Å². The van der Waals surface area contributed by atoms with Gasteiger partial charge in [0.2, 0.25) is 10.0 Å². The average Bonchev–Trinajstić information content (AvgIpc) is 3.00. The smallest absolute Gasteiger partial charge is 0.243 e. The van der Waals surface area contributed by atoms with Crippen LogP contribution in [0.2, 0.25) is 0 Å². The van der Waals surface area contributed by atoms with E-state index in [1.54, 1.807) is 24.3 Å². The molecule has 2 aromatic rings. The van der Waals surface area contributed by atoms with Gasteiger partial charge in [-0.3, -0.25) is 0 Å². The van der Waals surface area contributed by atoms with Gasteiger partial charge in [0, 0.05) is 13.1 Å². The molecular weight excluding hydrogens is 338 g/mol. The monoisotopic (exact) mass is 355 g/mol. The van der Waals surface area contributed by atoms with Gasteiger partial charge in [-0.1, -0.05) is 11.3 Å². The van der Waals surface area contributed by atoms with Crippen LogP contribution in [-0.2, 0) is 21.4 Å². The van der Waals surface area contributed by atoms with Gasteiger partial charge in [-0.25, -0.2) is 8.42 Å². The highest BCUT2D eigenvalue weighted by Gasteiger charge is 2.26. The molecule has 0 atom stereocenters. The third kappa shape index (κ3) is 3.86. The molecule has 1 fully saturated rings. The highest BCUT2D eigenvalue weighted by molar-refractivity contribution is 7.89. The Kier molecular flexibility index (Phi) is 4.90. The first-order chi connectivity index (χ1) is 11.1. The molecule has 0 unspecified atom stereocenters. The molecule has 1 aromatic heterocycles. The minimum Gasteiger partial charge on any atom is -0.486 e. The fourth-order valence-corrected chi connectivity index (χ4v) is 4.21. The van der Waals surface area contributed by atoms with E-state index in [1.807, 2.05) is 6.92 Å². The Bertz CT molecular complexity index is 753. The zero-order valence-electron chi connectivity index (χ0n) is 12.6. The van der Waals surface area contributed by atoms with Crippen molar-refractivity contribution in [3.05, 3.63) is 34.3 Å². The maximum atomic E-state index is 12.5. The SMILES string of the molecule is Cc1nnc(COc2ccc(S(=O)(=O)N3CCOCC3)cc2)s1. The first-order valence-corrected chi connectivity index (χ1v) is 9.41. The van der Waals surface area contributed by atoms with Gasteiger partial charge < -0.3 is 9.47 Å². The van der Waals surface area contributed by atoms with Crippen molar-refractivity contribution in [3.8, 4) is 5.75 Å². The van der Waals surface area contributed by atoms with Gasteiger partial charge in [0.1, 0.15) is 17.4 Å². The number of sulfonamides is 1. The summed E-state index contributed by atoms with van der Waals surface area (Å²) in [5.41, 5.74) is 0.